The average Bonchev–Trinajstić information content (AvgIpc) is 3.01. The zero-order valence-corrected chi connectivity index (χ0v) is 17.0. The second-order valence-corrected chi connectivity index (χ2v) is 8.51. The van der Waals surface area contributed by atoms with E-state index in [0.29, 0.717) is 54.0 Å². The summed E-state index contributed by atoms with van der Waals surface area (Å²) in [6.45, 7) is 6.44. The molecule has 1 fully saturated rings. The van der Waals surface area contributed by atoms with E-state index in [-0.39, 0.29) is 0 Å². The number of aromatic nitrogens is 2. The predicted octanol–water partition coefficient (Wildman–Crippen LogP) is 1.55. The minimum Gasteiger partial charge on any atom is -0.493 e. The van der Waals surface area contributed by atoms with Crippen molar-refractivity contribution >= 4 is 10.0 Å². The van der Waals surface area contributed by atoms with Crippen molar-refractivity contribution < 1.29 is 17.9 Å². The molecule has 1 aliphatic rings. The van der Waals surface area contributed by atoms with Gasteiger partial charge in [-0.05, 0) is 31.5 Å². The number of aromatic amines is 1. The second-order valence-electron chi connectivity index (χ2n) is 6.63. The number of hydrogen-bond acceptors (Lipinski definition) is 6. The summed E-state index contributed by atoms with van der Waals surface area (Å²) >= 11 is 0. The van der Waals surface area contributed by atoms with E-state index < -0.39 is 10.0 Å². The number of H-pyrrole nitrogens is 1. The lowest BCUT2D eigenvalue weighted by Crippen LogP contribution is -2.48. The first kappa shape index (κ1) is 19.7. The molecule has 148 valence electrons. The van der Waals surface area contributed by atoms with Crippen molar-refractivity contribution in [1.29, 1.82) is 0 Å². The van der Waals surface area contributed by atoms with Gasteiger partial charge < -0.3 is 9.47 Å². The van der Waals surface area contributed by atoms with Crippen molar-refractivity contribution in [2.75, 3.05) is 40.4 Å². The maximum Gasteiger partial charge on any atom is 0.246 e. The molecular weight excluding hydrogens is 368 g/mol. The molecule has 9 heteroatoms. The molecule has 0 unspecified atom stereocenters. The Morgan fingerprint density at radius 1 is 1.07 bits per heavy atom. The predicted molar refractivity (Wildman–Crippen MR) is 102 cm³/mol. The fourth-order valence-electron chi connectivity index (χ4n) is 3.42. The van der Waals surface area contributed by atoms with Crippen molar-refractivity contribution in [3.8, 4) is 11.5 Å². The monoisotopic (exact) mass is 394 g/mol. The Kier molecular flexibility index (Phi) is 5.73. The molecule has 27 heavy (non-hydrogen) atoms. The molecule has 1 saturated heterocycles. The summed E-state index contributed by atoms with van der Waals surface area (Å²) in [5.74, 6) is 1.39. The highest BCUT2D eigenvalue weighted by atomic mass is 32.2. The van der Waals surface area contributed by atoms with E-state index in [1.165, 1.54) is 0 Å². The maximum absolute atomic E-state index is 12.9. The molecule has 3 rings (SSSR count). The van der Waals surface area contributed by atoms with Gasteiger partial charge in [0.05, 0.1) is 25.6 Å². The first-order chi connectivity index (χ1) is 12.9. The molecule has 1 aromatic carbocycles. The minimum absolute atomic E-state index is 0.302. The number of nitrogens with zero attached hydrogens (tertiary/aromatic N) is 3. The van der Waals surface area contributed by atoms with Gasteiger partial charge in [0.15, 0.2) is 11.5 Å². The zero-order chi connectivity index (χ0) is 19.6. The van der Waals surface area contributed by atoms with E-state index >= 15 is 0 Å². The molecule has 1 aliphatic heterocycles. The summed E-state index contributed by atoms with van der Waals surface area (Å²) in [5, 5.41) is 6.77. The SMILES string of the molecule is COc1ccc(CN2CCN(S(=O)(=O)c3c(C)n[nH]c3C)CC2)cc1OC. The van der Waals surface area contributed by atoms with E-state index in [1.54, 1.807) is 32.4 Å². The van der Waals surface area contributed by atoms with Crippen molar-refractivity contribution in [2.45, 2.75) is 25.3 Å². The lowest BCUT2D eigenvalue weighted by molar-refractivity contribution is 0.181. The van der Waals surface area contributed by atoms with Gasteiger partial charge in [0.2, 0.25) is 10.0 Å². The normalized spacial score (nSPS) is 16.4. The molecule has 1 N–H and O–H groups in total. The van der Waals surface area contributed by atoms with Crippen LogP contribution in [-0.2, 0) is 16.6 Å². The third kappa shape index (κ3) is 3.95. The van der Waals surface area contributed by atoms with Crippen LogP contribution in [0.5, 0.6) is 11.5 Å². The van der Waals surface area contributed by atoms with Crippen LogP contribution >= 0.6 is 0 Å². The third-order valence-corrected chi connectivity index (χ3v) is 7.01. The van der Waals surface area contributed by atoms with Crippen LogP contribution in [0.2, 0.25) is 0 Å². The van der Waals surface area contributed by atoms with Gasteiger partial charge in [0, 0.05) is 32.7 Å². The largest absolute Gasteiger partial charge is 0.493 e. The Balaban J connectivity index is 1.66. The molecule has 0 amide bonds. The number of nitrogens with one attached hydrogen (secondary N) is 1. The maximum atomic E-state index is 12.9. The van der Waals surface area contributed by atoms with Gasteiger partial charge in [-0.25, -0.2) is 8.42 Å². The van der Waals surface area contributed by atoms with Crippen molar-refractivity contribution in [3.05, 3.63) is 35.2 Å². The molecule has 0 atom stereocenters. The Morgan fingerprint density at radius 2 is 1.74 bits per heavy atom. The molecule has 2 aromatic rings. The van der Waals surface area contributed by atoms with Crippen LogP contribution in [0.4, 0.5) is 0 Å². The molecule has 0 bridgehead atoms. The Morgan fingerprint density at radius 3 is 2.30 bits per heavy atom. The van der Waals surface area contributed by atoms with E-state index in [1.807, 2.05) is 18.2 Å². The van der Waals surface area contributed by atoms with E-state index in [4.69, 9.17) is 9.47 Å². The van der Waals surface area contributed by atoms with Gasteiger partial charge in [-0.3, -0.25) is 10.00 Å². The summed E-state index contributed by atoms with van der Waals surface area (Å²) in [5.41, 5.74) is 2.20. The van der Waals surface area contributed by atoms with Crippen LogP contribution in [0.3, 0.4) is 0 Å². The Labute approximate surface area is 160 Å². The highest BCUT2D eigenvalue weighted by Crippen LogP contribution is 2.28. The van der Waals surface area contributed by atoms with Crippen LogP contribution in [0.25, 0.3) is 0 Å². The van der Waals surface area contributed by atoms with Crippen LogP contribution in [0.15, 0.2) is 23.1 Å². The molecule has 0 radical (unpaired) electrons. The van der Waals surface area contributed by atoms with E-state index in [9.17, 15) is 8.42 Å². The van der Waals surface area contributed by atoms with Crippen LogP contribution in [-0.4, -0.2) is 68.2 Å². The summed E-state index contributed by atoms with van der Waals surface area (Å²) in [7, 11) is -0.292. The number of benzene rings is 1. The van der Waals surface area contributed by atoms with E-state index in [2.05, 4.69) is 15.1 Å². The molecule has 2 heterocycles. The number of hydrogen-bond donors (Lipinski definition) is 1. The number of sulfonamides is 1. The number of ether oxygens (including phenoxy) is 2. The summed E-state index contributed by atoms with van der Waals surface area (Å²) < 4.78 is 38.0. The fourth-order valence-corrected chi connectivity index (χ4v) is 5.17. The average molecular weight is 394 g/mol. The van der Waals surface area contributed by atoms with E-state index in [0.717, 1.165) is 12.1 Å². The highest BCUT2D eigenvalue weighted by molar-refractivity contribution is 7.89. The zero-order valence-electron chi connectivity index (χ0n) is 16.2. The smallest absolute Gasteiger partial charge is 0.246 e. The van der Waals surface area contributed by atoms with Gasteiger partial charge >= 0.3 is 0 Å². The number of aryl methyl sites for hydroxylation is 2. The van der Waals surface area contributed by atoms with Crippen LogP contribution in [0, 0.1) is 13.8 Å². The van der Waals surface area contributed by atoms with Crippen molar-refractivity contribution in [2.24, 2.45) is 0 Å². The summed E-state index contributed by atoms with van der Waals surface area (Å²) in [6, 6.07) is 5.85. The number of rotatable bonds is 6. The molecule has 0 aliphatic carbocycles. The number of piperazine rings is 1. The minimum atomic E-state index is -3.52. The third-order valence-electron chi connectivity index (χ3n) is 4.84. The lowest BCUT2D eigenvalue weighted by Gasteiger charge is -2.34. The van der Waals surface area contributed by atoms with Gasteiger partial charge in [0.1, 0.15) is 4.90 Å². The highest BCUT2D eigenvalue weighted by Gasteiger charge is 2.32. The van der Waals surface area contributed by atoms with Crippen LogP contribution in [0.1, 0.15) is 17.0 Å². The van der Waals surface area contributed by atoms with Crippen LogP contribution < -0.4 is 9.47 Å². The second kappa shape index (κ2) is 7.87. The van der Waals surface area contributed by atoms with Gasteiger partial charge in [-0.15, -0.1) is 0 Å². The summed E-state index contributed by atoms with van der Waals surface area (Å²) in [6.07, 6.45) is 0. The lowest BCUT2D eigenvalue weighted by atomic mass is 10.1. The fraction of sp³-hybridized carbons (Fsp3) is 0.500. The standard InChI is InChI=1S/C18H26N4O4S/c1-13-18(14(2)20-19-13)27(23,24)22-9-7-21(8-10-22)12-15-5-6-16(25-3)17(11-15)26-4/h5-6,11H,7-10,12H2,1-4H3,(H,19,20). The van der Waals surface area contributed by atoms with Crippen molar-refractivity contribution in [3.63, 3.8) is 0 Å². The van der Waals surface area contributed by atoms with Gasteiger partial charge in [-0.2, -0.15) is 9.40 Å². The first-order valence-corrected chi connectivity index (χ1v) is 10.3. The topological polar surface area (TPSA) is 87.8 Å². The molecule has 1 aromatic heterocycles. The molecular formula is C18H26N4O4S. The molecule has 8 nitrogen and oxygen atoms in total. The molecule has 0 saturated carbocycles. The first-order valence-electron chi connectivity index (χ1n) is 8.81. The van der Waals surface area contributed by atoms with Crippen molar-refractivity contribution in [1.82, 2.24) is 19.4 Å². The number of methoxy groups -OCH3 is 2. The Hall–Kier alpha value is -2.10. The summed E-state index contributed by atoms with van der Waals surface area (Å²) in [4.78, 5) is 2.54. The van der Waals surface area contributed by atoms with Gasteiger partial charge in [0.25, 0.3) is 0 Å². The van der Waals surface area contributed by atoms with Gasteiger partial charge in [-0.1, -0.05) is 6.07 Å². The molecule has 0 spiro atoms. The quantitative estimate of drug-likeness (QED) is 0.800. The Bertz CT molecular complexity index is 883.